The molecule has 0 spiro atoms. The number of carbonyl (C=O) groups excluding carboxylic acids is 1. The molecule has 0 aliphatic carbocycles. The predicted octanol–water partition coefficient (Wildman–Crippen LogP) is 4.26. The number of nitrogens with one attached hydrogen (secondary N) is 1. The summed E-state index contributed by atoms with van der Waals surface area (Å²) in [7, 11) is 1.66. The van der Waals surface area contributed by atoms with Crippen molar-refractivity contribution in [2.45, 2.75) is 45.6 Å². The van der Waals surface area contributed by atoms with E-state index in [1.54, 1.807) is 7.11 Å². The fraction of sp³-hybridized carbons (Fsp3) is 0.421. The molecular weight excluding hydrogens is 274 g/mol. The number of methoxy groups -OCH3 is 1. The number of fused-ring (bicyclic) bond motifs is 1. The molecule has 2 rings (SSSR count). The smallest absolute Gasteiger partial charge is 0.227 e. The van der Waals surface area contributed by atoms with Crippen LogP contribution in [0.5, 0.6) is 5.75 Å². The summed E-state index contributed by atoms with van der Waals surface area (Å²) in [4.78, 5) is 12.4. The monoisotopic (exact) mass is 299 g/mol. The van der Waals surface area contributed by atoms with Crippen molar-refractivity contribution in [2.24, 2.45) is 0 Å². The van der Waals surface area contributed by atoms with Crippen LogP contribution in [0, 0.1) is 0 Å². The van der Waals surface area contributed by atoms with Crippen LogP contribution in [0.2, 0.25) is 0 Å². The first-order chi connectivity index (χ1) is 10.4. The van der Waals surface area contributed by atoms with Gasteiger partial charge in [0.25, 0.3) is 0 Å². The zero-order valence-corrected chi connectivity index (χ0v) is 14.1. The van der Waals surface area contributed by atoms with E-state index in [1.807, 2.05) is 51.1 Å². The molecule has 0 aliphatic heterocycles. The highest BCUT2D eigenvalue weighted by Crippen LogP contribution is 2.25. The average molecular weight is 299 g/mol. The van der Waals surface area contributed by atoms with Gasteiger partial charge in [-0.05, 0) is 55.7 Å². The minimum Gasteiger partial charge on any atom is -0.497 e. The van der Waals surface area contributed by atoms with Crippen LogP contribution in [-0.4, -0.2) is 18.6 Å². The van der Waals surface area contributed by atoms with Gasteiger partial charge in [-0.2, -0.15) is 0 Å². The topological polar surface area (TPSA) is 38.3 Å². The summed E-state index contributed by atoms with van der Waals surface area (Å²) < 4.78 is 5.24. The maximum Gasteiger partial charge on any atom is 0.227 e. The van der Waals surface area contributed by atoms with Gasteiger partial charge >= 0.3 is 0 Å². The second kappa shape index (κ2) is 6.39. The van der Waals surface area contributed by atoms with Crippen molar-refractivity contribution < 1.29 is 9.53 Å². The van der Waals surface area contributed by atoms with Gasteiger partial charge in [-0.15, -0.1) is 0 Å². The number of hydrogen-bond donors (Lipinski definition) is 1. The zero-order valence-electron chi connectivity index (χ0n) is 14.1. The van der Waals surface area contributed by atoms with Crippen molar-refractivity contribution in [3.8, 4) is 5.75 Å². The fourth-order valence-corrected chi connectivity index (χ4v) is 2.32. The van der Waals surface area contributed by atoms with Crippen LogP contribution in [0.1, 0.15) is 45.6 Å². The molecule has 2 aromatic rings. The first-order valence-electron chi connectivity index (χ1n) is 7.76. The normalized spacial score (nSPS) is 13.0. The molecule has 3 heteroatoms. The van der Waals surface area contributed by atoms with Gasteiger partial charge in [0.1, 0.15) is 5.75 Å². The molecule has 0 radical (unpaired) electrons. The molecule has 1 atom stereocenters. The molecule has 0 bridgehead atoms. The number of ether oxygens (including phenoxy) is 1. The van der Waals surface area contributed by atoms with Gasteiger partial charge in [-0.3, -0.25) is 4.79 Å². The zero-order chi connectivity index (χ0) is 16.3. The van der Waals surface area contributed by atoms with Gasteiger partial charge in [0.05, 0.1) is 13.0 Å². The third kappa shape index (κ3) is 3.59. The second-order valence-electron chi connectivity index (χ2n) is 6.42. The van der Waals surface area contributed by atoms with E-state index < -0.39 is 0 Å². The summed E-state index contributed by atoms with van der Waals surface area (Å²) in [5.41, 5.74) is 0.859. The molecule has 0 saturated heterocycles. The molecule has 0 saturated carbocycles. The number of hydrogen-bond acceptors (Lipinski definition) is 2. The molecular formula is C19H25NO2. The highest BCUT2D eigenvalue weighted by atomic mass is 16.5. The lowest BCUT2D eigenvalue weighted by atomic mass is 9.95. The number of benzene rings is 2. The summed E-state index contributed by atoms with van der Waals surface area (Å²) >= 11 is 0. The van der Waals surface area contributed by atoms with Crippen LogP contribution in [0.15, 0.2) is 36.4 Å². The number of amides is 1. The van der Waals surface area contributed by atoms with Crippen LogP contribution >= 0.6 is 0 Å². The van der Waals surface area contributed by atoms with Crippen molar-refractivity contribution in [2.75, 3.05) is 7.11 Å². The fourth-order valence-electron chi connectivity index (χ4n) is 2.32. The van der Waals surface area contributed by atoms with Crippen LogP contribution in [0.25, 0.3) is 10.8 Å². The van der Waals surface area contributed by atoms with Crippen molar-refractivity contribution in [1.29, 1.82) is 0 Å². The third-order valence-electron chi connectivity index (χ3n) is 4.31. The third-order valence-corrected chi connectivity index (χ3v) is 4.31. The molecule has 1 N–H and O–H groups in total. The summed E-state index contributed by atoms with van der Waals surface area (Å²) in [5, 5.41) is 5.35. The lowest BCUT2D eigenvalue weighted by molar-refractivity contribution is -0.123. The Hall–Kier alpha value is -2.03. The van der Waals surface area contributed by atoms with E-state index in [2.05, 4.69) is 18.3 Å². The van der Waals surface area contributed by atoms with Gasteiger partial charge in [0, 0.05) is 5.54 Å². The summed E-state index contributed by atoms with van der Waals surface area (Å²) in [6.45, 7) is 8.12. The van der Waals surface area contributed by atoms with Gasteiger partial charge < -0.3 is 10.1 Å². The maximum absolute atomic E-state index is 12.4. The minimum absolute atomic E-state index is 0.0692. The first-order valence-corrected chi connectivity index (χ1v) is 7.76. The minimum atomic E-state index is -0.171. The van der Waals surface area contributed by atoms with Crippen molar-refractivity contribution in [3.05, 3.63) is 42.0 Å². The highest BCUT2D eigenvalue weighted by Gasteiger charge is 2.22. The van der Waals surface area contributed by atoms with E-state index >= 15 is 0 Å². The Bertz CT molecular complexity index is 676. The van der Waals surface area contributed by atoms with Crippen LogP contribution < -0.4 is 10.1 Å². The van der Waals surface area contributed by atoms with Crippen LogP contribution in [0.3, 0.4) is 0 Å². The first kappa shape index (κ1) is 16.3. The van der Waals surface area contributed by atoms with E-state index in [-0.39, 0.29) is 17.4 Å². The Morgan fingerprint density at radius 1 is 1.18 bits per heavy atom. The standard InChI is InChI=1S/C19H25NO2/c1-6-19(3,4)20-18(21)13(2)14-7-8-16-12-17(22-5)10-9-15(16)11-14/h7-13H,6H2,1-5H3,(H,20,21)/t13-/m0/s1. The highest BCUT2D eigenvalue weighted by molar-refractivity contribution is 5.88. The van der Waals surface area contributed by atoms with Gasteiger partial charge in [-0.25, -0.2) is 0 Å². The molecule has 118 valence electrons. The van der Waals surface area contributed by atoms with E-state index in [0.717, 1.165) is 28.5 Å². The molecule has 22 heavy (non-hydrogen) atoms. The van der Waals surface area contributed by atoms with Gasteiger partial charge in [0.2, 0.25) is 5.91 Å². The van der Waals surface area contributed by atoms with E-state index in [9.17, 15) is 4.79 Å². The Morgan fingerprint density at radius 3 is 2.45 bits per heavy atom. The van der Waals surface area contributed by atoms with Crippen molar-refractivity contribution >= 4 is 16.7 Å². The van der Waals surface area contributed by atoms with Crippen molar-refractivity contribution in [1.82, 2.24) is 5.32 Å². The van der Waals surface area contributed by atoms with Crippen LogP contribution in [-0.2, 0) is 4.79 Å². The Morgan fingerprint density at radius 2 is 1.82 bits per heavy atom. The molecule has 0 aromatic heterocycles. The average Bonchev–Trinajstić information content (AvgIpc) is 2.52. The molecule has 0 unspecified atom stereocenters. The molecule has 2 aromatic carbocycles. The predicted molar refractivity (Wildman–Crippen MR) is 91.4 cm³/mol. The molecule has 1 amide bonds. The molecule has 0 aliphatic rings. The van der Waals surface area contributed by atoms with Gasteiger partial charge in [-0.1, -0.05) is 31.2 Å². The van der Waals surface area contributed by atoms with Crippen LogP contribution in [0.4, 0.5) is 0 Å². The quantitative estimate of drug-likeness (QED) is 0.896. The number of rotatable bonds is 5. The SMILES string of the molecule is CCC(C)(C)NC(=O)[C@@H](C)c1ccc2cc(OC)ccc2c1. The summed E-state index contributed by atoms with van der Waals surface area (Å²) in [6, 6.07) is 12.1. The lowest BCUT2D eigenvalue weighted by Crippen LogP contribution is -2.44. The molecule has 3 nitrogen and oxygen atoms in total. The Balaban J connectivity index is 2.25. The largest absolute Gasteiger partial charge is 0.497 e. The molecule has 0 heterocycles. The summed E-state index contributed by atoms with van der Waals surface area (Å²) in [5.74, 6) is 0.743. The van der Waals surface area contributed by atoms with E-state index in [4.69, 9.17) is 4.74 Å². The van der Waals surface area contributed by atoms with E-state index in [1.165, 1.54) is 0 Å². The Kier molecular flexibility index (Phi) is 4.74. The maximum atomic E-state index is 12.4. The lowest BCUT2D eigenvalue weighted by Gasteiger charge is -2.26. The van der Waals surface area contributed by atoms with E-state index in [0.29, 0.717) is 0 Å². The number of carbonyl (C=O) groups is 1. The van der Waals surface area contributed by atoms with Gasteiger partial charge in [0.15, 0.2) is 0 Å². The molecule has 0 fully saturated rings. The second-order valence-corrected chi connectivity index (χ2v) is 6.42. The van der Waals surface area contributed by atoms with Crippen molar-refractivity contribution in [3.63, 3.8) is 0 Å². The summed E-state index contributed by atoms with van der Waals surface area (Å²) in [6.07, 6.45) is 0.906. The Labute approximate surface area is 132 Å².